The van der Waals surface area contributed by atoms with E-state index in [1.54, 1.807) is 0 Å². The normalized spacial score (nSPS) is 12.7. The summed E-state index contributed by atoms with van der Waals surface area (Å²) in [4.78, 5) is 36.6. The fourth-order valence-corrected chi connectivity index (χ4v) is 4.58. The zero-order valence-corrected chi connectivity index (χ0v) is 24.4. The maximum Gasteiger partial charge on any atom is 0.306 e. The molecule has 0 aliphatic heterocycles. The van der Waals surface area contributed by atoms with Gasteiger partial charge in [-0.15, -0.1) is 0 Å². The number of aliphatic carboxylic acids is 1. The Morgan fingerprint density at radius 3 is 1.51 bits per heavy atom. The van der Waals surface area contributed by atoms with E-state index in [2.05, 4.69) is 20.8 Å². The molecule has 0 radical (unpaired) electrons. The van der Waals surface area contributed by atoms with Crippen molar-refractivity contribution >= 4 is 17.9 Å². The Kier molecular flexibility index (Phi) is 24.9. The van der Waals surface area contributed by atoms with Crippen LogP contribution in [0.15, 0.2) is 0 Å². The first-order chi connectivity index (χ1) is 17.9. The van der Waals surface area contributed by atoms with Crippen LogP contribution in [0.25, 0.3) is 0 Å². The molecule has 37 heavy (non-hydrogen) atoms. The van der Waals surface area contributed by atoms with E-state index >= 15 is 0 Å². The van der Waals surface area contributed by atoms with E-state index < -0.39 is 18.0 Å². The summed E-state index contributed by atoms with van der Waals surface area (Å²) in [6, 6.07) is 0. The van der Waals surface area contributed by atoms with E-state index in [4.69, 9.17) is 9.47 Å². The summed E-state index contributed by atoms with van der Waals surface area (Å²) in [5, 5.41) is 9.77. The summed E-state index contributed by atoms with van der Waals surface area (Å²) in [6.07, 6.45) is 20.3. The molecule has 0 aliphatic carbocycles. The van der Waals surface area contributed by atoms with Crippen LogP contribution in [0.4, 0.5) is 0 Å². The van der Waals surface area contributed by atoms with Crippen LogP contribution in [0.5, 0.6) is 0 Å². The molecule has 2 unspecified atom stereocenters. The predicted molar refractivity (Wildman–Crippen MR) is 151 cm³/mol. The van der Waals surface area contributed by atoms with Gasteiger partial charge in [-0.05, 0) is 19.3 Å². The van der Waals surface area contributed by atoms with E-state index in [1.807, 2.05) is 0 Å². The van der Waals surface area contributed by atoms with Gasteiger partial charge in [0.1, 0.15) is 12.7 Å². The third-order valence-electron chi connectivity index (χ3n) is 7.00. The van der Waals surface area contributed by atoms with Crippen LogP contribution in [0.1, 0.15) is 162 Å². The van der Waals surface area contributed by atoms with Gasteiger partial charge in [-0.1, -0.05) is 124 Å². The number of hydrogen-bond acceptors (Lipinski definition) is 5. The molecule has 0 aromatic carbocycles. The minimum Gasteiger partial charge on any atom is -0.481 e. The van der Waals surface area contributed by atoms with Gasteiger partial charge in [-0.25, -0.2) is 0 Å². The lowest BCUT2D eigenvalue weighted by Gasteiger charge is -2.22. The Bertz CT molecular complexity index is 562. The van der Waals surface area contributed by atoms with E-state index in [0.29, 0.717) is 19.3 Å². The zero-order valence-electron chi connectivity index (χ0n) is 24.4. The molecule has 0 rings (SSSR count). The van der Waals surface area contributed by atoms with Crippen LogP contribution < -0.4 is 0 Å². The number of unbranched alkanes of at least 4 members (excludes halogenated alkanes) is 15. The minimum absolute atomic E-state index is 0.0583. The van der Waals surface area contributed by atoms with Crippen molar-refractivity contribution in [2.75, 3.05) is 6.61 Å². The largest absolute Gasteiger partial charge is 0.481 e. The van der Waals surface area contributed by atoms with Crippen molar-refractivity contribution in [1.29, 1.82) is 0 Å². The van der Waals surface area contributed by atoms with Gasteiger partial charge in [0.2, 0.25) is 0 Å². The SMILES string of the molecule is CCCCCCCCCC(=O)OCC(CC(CCCCCCCC)C(=O)O)OC(=O)CCCCCCC. The second-order valence-corrected chi connectivity index (χ2v) is 10.7. The third-order valence-corrected chi connectivity index (χ3v) is 7.00. The highest BCUT2D eigenvalue weighted by atomic mass is 16.6. The molecule has 0 spiro atoms. The Morgan fingerprint density at radius 2 is 1.03 bits per heavy atom. The van der Waals surface area contributed by atoms with Gasteiger partial charge >= 0.3 is 17.9 Å². The predicted octanol–water partition coefficient (Wildman–Crippen LogP) is 8.78. The molecule has 0 bridgehead atoms. The summed E-state index contributed by atoms with van der Waals surface area (Å²) in [5.41, 5.74) is 0. The molecule has 0 amide bonds. The number of carboxylic acid groups (broad SMARTS) is 1. The molecule has 2 atom stereocenters. The van der Waals surface area contributed by atoms with Crippen molar-refractivity contribution in [3.05, 3.63) is 0 Å². The molecule has 1 N–H and O–H groups in total. The Morgan fingerprint density at radius 1 is 0.595 bits per heavy atom. The highest BCUT2D eigenvalue weighted by Gasteiger charge is 2.26. The Balaban J connectivity index is 4.66. The van der Waals surface area contributed by atoms with Gasteiger partial charge in [0.15, 0.2) is 0 Å². The number of carboxylic acids is 1. The fraction of sp³-hybridized carbons (Fsp3) is 0.903. The van der Waals surface area contributed by atoms with Crippen LogP contribution in [-0.2, 0) is 23.9 Å². The highest BCUT2D eigenvalue weighted by molar-refractivity contribution is 5.71. The van der Waals surface area contributed by atoms with Crippen LogP contribution in [0.2, 0.25) is 0 Å². The molecule has 0 saturated heterocycles. The maximum atomic E-state index is 12.5. The van der Waals surface area contributed by atoms with Crippen LogP contribution >= 0.6 is 0 Å². The first kappa shape index (κ1) is 35.4. The van der Waals surface area contributed by atoms with E-state index in [0.717, 1.165) is 70.6 Å². The second-order valence-electron chi connectivity index (χ2n) is 10.7. The van der Waals surface area contributed by atoms with Crippen molar-refractivity contribution in [2.24, 2.45) is 5.92 Å². The second kappa shape index (κ2) is 26.0. The van der Waals surface area contributed by atoms with E-state index in [-0.39, 0.29) is 25.0 Å². The van der Waals surface area contributed by atoms with Crippen molar-refractivity contribution < 1.29 is 29.0 Å². The standard InChI is InChI=1S/C31H58O6/c1-4-7-10-13-15-18-20-23-29(32)36-26-28(37-30(33)24-21-16-12-9-6-3)25-27(31(34)35)22-19-17-14-11-8-5-2/h27-28H,4-26H2,1-3H3,(H,34,35). The number of esters is 2. The lowest BCUT2D eigenvalue weighted by atomic mass is 9.94. The van der Waals surface area contributed by atoms with Gasteiger partial charge in [0.05, 0.1) is 5.92 Å². The molecule has 6 heteroatoms. The number of carbonyl (C=O) groups is 3. The third kappa shape index (κ3) is 23.3. The van der Waals surface area contributed by atoms with Gasteiger partial charge in [-0.3, -0.25) is 14.4 Å². The summed E-state index contributed by atoms with van der Waals surface area (Å²) >= 11 is 0. The summed E-state index contributed by atoms with van der Waals surface area (Å²) < 4.78 is 11.1. The van der Waals surface area contributed by atoms with Crippen molar-refractivity contribution in [2.45, 2.75) is 168 Å². The fourth-order valence-electron chi connectivity index (χ4n) is 4.58. The monoisotopic (exact) mass is 526 g/mol. The van der Waals surface area contributed by atoms with Crippen molar-refractivity contribution in [3.63, 3.8) is 0 Å². The molecular weight excluding hydrogens is 468 g/mol. The average molecular weight is 527 g/mol. The minimum atomic E-state index is -0.872. The molecule has 0 heterocycles. The van der Waals surface area contributed by atoms with Gasteiger partial charge in [0.25, 0.3) is 0 Å². The zero-order chi connectivity index (χ0) is 27.6. The first-order valence-electron chi connectivity index (χ1n) is 15.5. The topological polar surface area (TPSA) is 89.9 Å². The van der Waals surface area contributed by atoms with Crippen LogP contribution in [0.3, 0.4) is 0 Å². The van der Waals surface area contributed by atoms with E-state index in [9.17, 15) is 19.5 Å². The number of ether oxygens (including phenoxy) is 2. The Hall–Kier alpha value is -1.59. The molecule has 0 aliphatic rings. The summed E-state index contributed by atoms with van der Waals surface area (Å²) in [5.74, 6) is -2.09. The summed E-state index contributed by atoms with van der Waals surface area (Å²) in [7, 11) is 0. The first-order valence-corrected chi connectivity index (χ1v) is 15.5. The number of hydrogen-bond donors (Lipinski definition) is 1. The lowest BCUT2D eigenvalue weighted by molar-refractivity contribution is -0.162. The number of rotatable bonds is 27. The van der Waals surface area contributed by atoms with Gasteiger partial charge < -0.3 is 14.6 Å². The number of carbonyl (C=O) groups excluding carboxylic acids is 2. The lowest BCUT2D eigenvalue weighted by Crippen LogP contribution is -2.30. The quantitative estimate of drug-likeness (QED) is 0.0849. The Labute approximate surface area is 227 Å². The van der Waals surface area contributed by atoms with E-state index in [1.165, 1.54) is 44.9 Å². The molecule has 218 valence electrons. The van der Waals surface area contributed by atoms with Crippen LogP contribution in [-0.4, -0.2) is 35.7 Å². The molecule has 0 aromatic rings. The van der Waals surface area contributed by atoms with Crippen molar-refractivity contribution in [3.8, 4) is 0 Å². The molecule has 0 aromatic heterocycles. The van der Waals surface area contributed by atoms with Crippen molar-refractivity contribution in [1.82, 2.24) is 0 Å². The highest BCUT2D eigenvalue weighted by Crippen LogP contribution is 2.20. The smallest absolute Gasteiger partial charge is 0.306 e. The maximum absolute atomic E-state index is 12.5. The summed E-state index contributed by atoms with van der Waals surface area (Å²) in [6.45, 7) is 6.46. The average Bonchev–Trinajstić information content (AvgIpc) is 2.87. The molecule has 6 nitrogen and oxygen atoms in total. The molecule has 0 fully saturated rings. The molecular formula is C31H58O6. The van der Waals surface area contributed by atoms with Gasteiger partial charge in [0, 0.05) is 19.3 Å². The van der Waals surface area contributed by atoms with Gasteiger partial charge in [-0.2, -0.15) is 0 Å². The van der Waals surface area contributed by atoms with Crippen LogP contribution in [0, 0.1) is 5.92 Å². The molecule has 0 saturated carbocycles.